The molecule has 3 rings (SSSR count). The van der Waals surface area contributed by atoms with Crippen LogP contribution in [0, 0.1) is 0 Å². The van der Waals surface area contributed by atoms with E-state index in [2.05, 4.69) is 59.2 Å². The molecule has 0 bridgehead atoms. The van der Waals surface area contributed by atoms with E-state index in [1.165, 1.54) is 11.3 Å². The maximum Gasteiger partial charge on any atom is 0.199 e. The lowest BCUT2D eigenvalue weighted by molar-refractivity contribution is -0.462. The zero-order chi connectivity index (χ0) is 16.2. The summed E-state index contributed by atoms with van der Waals surface area (Å²) in [5.41, 5.74) is 5.52. The second-order valence-electron chi connectivity index (χ2n) is 5.78. The number of benzene rings is 2. The maximum atomic E-state index is 11.4. The third kappa shape index (κ3) is 3.67. The van der Waals surface area contributed by atoms with Gasteiger partial charge in [-0.15, -0.1) is 5.75 Å². The highest BCUT2D eigenvalue weighted by Crippen LogP contribution is 2.23. The SMILES string of the molecule is C[N+](C)=C1C=CC(=Cc2ccc(-c3cccc([O-])c3)cc2)C=C1. The molecular formula is C21H19NO. The highest BCUT2D eigenvalue weighted by atomic mass is 16.3. The van der Waals surface area contributed by atoms with E-state index in [1.807, 2.05) is 20.2 Å². The van der Waals surface area contributed by atoms with E-state index in [9.17, 15) is 5.11 Å². The summed E-state index contributed by atoms with van der Waals surface area (Å²) in [5.74, 6) is 0.0409. The lowest BCUT2D eigenvalue weighted by atomic mass is 10.0. The molecule has 0 amide bonds. The second-order valence-corrected chi connectivity index (χ2v) is 5.78. The summed E-state index contributed by atoms with van der Waals surface area (Å²) in [6, 6.07) is 15.2. The molecule has 114 valence electrons. The van der Waals surface area contributed by atoms with Crippen LogP contribution in [-0.2, 0) is 0 Å². The third-order valence-electron chi connectivity index (χ3n) is 3.82. The standard InChI is InChI=1S/C21H19NO/c1-22(2)20-12-8-17(9-13-20)14-16-6-10-18(11-7-16)19-4-3-5-21(23)15-19/h3-15H,1-2H3. The fraction of sp³-hybridized carbons (Fsp3) is 0.0952. The van der Waals surface area contributed by atoms with Crippen molar-refractivity contribution < 1.29 is 9.68 Å². The Morgan fingerprint density at radius 2 is 1.52 bits per heavy atom. The Morgan fingerprint density at radius 1 is 0.826 bits per heavy atom. The second kappa shape index (κ2) is 6.49. The summed E-state index contributed by atoms with van der Waals surface area (Å²) in [4.78, 5) is 0. The van der Waals surface area contributed by atoms with E-state index in [1.54, 1.807) is 18.2 Å². The number of hydrogen-bond acceptors (Lipinski definition) is 1. The van der Waals surface area contributed by atoms with Gasteiger partial charge in [-0.05, 0) is 40.5 Å². The van der Waals surface area contributed by atoms with E-state index < -0.39 is 0 Å². The molecule has 1 aliphatic carbocycles. The average molecular weight is 301 g/mol. The highest BCUT2D eigenvalue weighted by molar-refractivity contribution is 6.02. The normalized spacial score (nSPS) is 13.3. The predicted octanol–water partition coefficient (Wildman–Crippen LogP) is 3.65. The molecule has 0 atom stereocenters. The summed E-state index contributed by atoms with van der Waals surface area (Å²) < 4.78 is 2.09. The van der Waals surface area contributed by atoms with Gasteiger partial charge in [-0.2, -0.15) is 0 Å². The molecular weight excluding hydrogens is 282 g/mol. The van der Waals surface area contributed by atoms with Crippen molar-refractivity contribution in [3.8, 4) is 16.9 Å². The van der Waals surface area contributed by atoms with Crippen LogP contribution in [0.3, 0.4) is 0 Å². The van der Waals surface area contributed by atoms with Gasteiger partial charge in [0.25, 0.3) is 0 Å². The Bertz CT molecular complexity index is 814. The van der Waals surface area contributed by atoms with Gasteiger partial charge in [-0.1, -0.05) is 48.5 Å². The minimum atomic E-state index is 0.0409. The molecule has 0 saturated carbocycles. The molecule has 2 aromatic carbocycles. The molecule has 0 aromatic heterocycles. The Labute approximate surface area is 137 Å². The molecule has 0 spiro atoms. The number of hydrogen-bond donors (Lipinski definition) is 0. The van der Waals surface area contributed by atoms with Crippen LogP contribution >= 0.6 is 0 Å². The van der Waals surface area contributed by atoms with Gasteiger partial charge < -0.3 is 5.11 Å². The van der Waals surface area contributed by atoms with E-state index >= 15 is 0 Å². The number of rotatable bonds is 2. The third-order valence-corrected chi connectivity index (χ3v) is 3.82. The first-order chi connectivity index (χ1) is 11.1. The molecule has 2 heteroatoms. The van der Waals surface area contributed by atoms with Crippen LogP contribution < -0.4 is 5.11 Å². The van der Waals surface area contributed by atoms with E-state index in [0.717, 1.165) is 16.7 Å². The van der Waals surface area contributed by atoms with Crippen molar-refractivity contribution in [3.63, 3.8) is 0 Å². The Hall–Kier alpha value is -2.87. The van der Waals surface area contributed by atoms with Gasteiger partial charge in [0.2, 0.25) is 0 Å². The van der Waals surface area contributed by atoms with Crippen molar-refractivity contribution in [2.45, 2.75) is 0 Å². The molecule has 0 unspecified atom stereocenters. The minimum Gasteiger partial charge on any atom is -0.872 e. The van der Waals surface area contributed by atoms with Crippen LogP contribution in [0.15, 0.2) is 78.4 Å². The maximum absolute atomic E-state index is 11.4. The molecule has 0 aliphatic heterocycles. The first-order valence-electron chi connectivity index (χ1n) is 7.61. The van der Waals surface area contributed by atoms with Crippen molar-refractivity contribution in [2.24, 2.45) is 0 Å². The van der Waals surface area contributed by atoms with Crippen LogP contribution in [0.2, 0.25) is 0 Å². The summed E-state index contributed by atoms with van der Waals surface area (Å²) in [7, 11) is 4.07. The van der Waals surface area contributed by atoms with Crippen molar-refractivity contribution in [3.05, 3.63) is 84.0 Å². The zero-order valence-electron chi connectivity index (χ0n) is 13.4. The van der Waals surface area contributed by atoms with Crippen LogP contribution in [0.5, 0.6) is 5.75 Å². The molecule has 0 saturated heterocycles. The minimum absolute atomic E-state index is 0.0409. The Kier molecular flexibility index (Phi) is 4.24. The molecule has 0 radical (unpaired) electrons. The zero-order valence-corrected chi connectivity index (χ0v) is 13.4. The number of allylic oxidation sites excluding steroid dienone is 5. The largest absolute Gasteiger partial charge is 0.872 e. The fourth-order valence-corrected chi connectivity index (χ4v) is 2.51. The average Bonchev–Trinajstić information content (AvgIpc) is 2.56. The van der Waals surface area contributed by atoms with Crippen molar-refractivity contribution >= 4 is 11.8 Å². The van der Waals surface area contributed by atoms with Crippen LogP contribution in [0.4, 0.5) is 0 Å². The predicted molar refractivity (Wildman–Crippen MR) is 94.7 cm³/mol. The number of nitrogens with zero attached hydrogens (tertiary/aromatic N) is 1. The molecule has 0 N–H and O–H groups in total. The summed E-state index contributed by atoms with van der Waals surface area (Å²) in [6.07, 6.45) is 10.6. The van der Waals surface area contributed by atoms with E-state index in [4.69, 9.17) is 0 Å². The van der Waals surface area contributed by atoms with E-state index in [0.29, 0.717) is 0 Å². The lowest BCUT2D eigenvalue weighted by Crippen LogP contribution is -2.09. The Morgan fingerprint density at radius 3 is 2.13 bits per heavy atom. The Balaban J connectivity index is 1.81. The fourth-order valence-electron chi connectivity index (χ4n) is 2.51. The molecule has 23 heavy (non-hydrogen) atoms. The molecule has 2 aromatic rings. The summed E-state index contributed by atoms with van der Waals surface area (Å²) >= 11 is 0. The van der Waals surface area contributed by atoms with Gasteiger partial charge in [-0.3, -0.25) is 0 Å². The van der Waals surface area contributed by atoms with Crippen molar-refractivity contribution in [1.29, 1.82) is 0 Å². The lowest BCUT2D eigenvalue weighted by Gasteiger charge is -2.08. The molecule has 2 nitrogen and oxygen atoms in total. The summed E-state index contributed by atoms with van der Waals surface area (Å²) in [6.45, 7) is 0. The van der Waals surface area contributed by atoms with Gasteiger partial charge in [0.1, 0.15) is 14.1 Å². The van der Waals surface area contributed by atoms with Crippen LogP contribution in [0.25, 0.3) is 17.2 Å². The topological polar surface area (TPSA) is 26.1 Å². The highest BCUT2D eigenvalue weighted by Gasteiger charge is 2.04. The van der Waals surface area contributed by atoms with Crippen molar-refractivity contribution in [2.75, 3.05) is 14.1 Å². The quantitative estimate of drug-likeness (QED) is 0.778. The van der Waals surface area contributed by atoms with Gasteiger partial charge in [0.15, 0.2) is 5.71 Å². The van der Waals surface area contributed by atoms with Gasteiger partial charge in [0, 0.05) is 12.2 Å². The molecule has 0 fully saturated rings. The van der Waals surface area contributed by atoms with Gasteiger partial charge in [-0.25, -0.2) is 4.58 Å². The first-order valence-corrected chi connectivity index (χ1v) is 7.61. The monoisotopic (exact) mass is 301 g/mol. The first kappa shape index (κ1) is 15.0. The van der Waals surface area contributed by atoms with Crippen LogP contribution in [0.1, 0.15) is 5.56 Å². The molecule has 0 heterocycles. The van der Waals surface area contributed by atoms with E-state index in [-0.39, 0.29) is 5.75 Å². The summed E-state index contributed by atoms with van der Waals surface area (Å²) in [5, 5.41) is 11.4. The van der Waals surface area contributed by atoms with Gasteiger partial charge >= 0.3 is 0 Å². The van der Waals surface area contributed by atoms with Crippen molar-refractivity contribution in [1.82, 2.24) is 0 Å². The molecule has 1 aliphatic rings. The van der Waals surface area contributed by atoms with Gasteiger partial charge in [0.05, 0.1) is 0 Å². The smallest absolute Gasteiger partial charge is 0.199 e. The van der Waals surface area contributed by atoms with Crippen LogP contribution in [-0.4, -0.2) is 24.4 Å².